The van der Waals surface area contributed by atoms with Gasteiger partial charge in [0.05, 0.1) is 24.5 Å². The maximum atomic E-state index is 13.2. The van der Waals surface area contributed by atoms with Crippen molar-refractivity contribution in [3.05, 3.63) is 72.4 Å². The van der Waals surface area contributed by atoms with Crippen molar-refractivity contribution in [1.29, 1.82) is 0 Å². The molecule has 0 aliphatic rings. The van der Waals surface area contributed by atoms with E-state index in [1.54, 1.807) is 56.5 Å². The summed E-state index contributed by atoms with van der Waals surface area (Å²) in [5.41, 5.74) is 3.35. The average Bonchev–Trinajstić information content (AvgIpc) is 3.21. The molecule has 0 aliphatic carbocycles. The molecule has 32 heavy (non-hydrogen) atoms. The Bertz CT molecular complexity index is 1220. The topological polar surface area (TPSA) is 97.1 Å². The van der Waals surface area contributed by atoms with Gasteiger partial charge in [0.15, 0.2) is 11.6 Å². The third-order valence-corrected chi connectivity index (χ3v) is 4.83. The maximum Gasteiger partial charge on any atom is 0.184 e. The van der Waals surface area contributed by atoms with Crippen LogP contribution in [0.2, 0.25) is 0 Å². The van der Waals surface area contributed by atoms with E-state index in [0.717, 1.165) is 5.56 Å². The summed E-state index contributed by atoms with van der Waals surface area (Å²) in [5, 5.41) is 21.1. The first-order valence-electron chi connectivity index (χ1n) is 9.95. The average molecular weight is 434 g/mol. The number of para-hydroxylation sites is 1. The SMILES string of the molecule is COc1c(Nc2cc(Nc3ccc(F)cc3)ncc2C(C)O)cccc1-c1ncn(C)n1. The number of pyridine rings is 1. The van der Waals surface area contributed by atoms with Gasteiger partial charge in [-0.1, -0.05) is 6.07 Å². The molecule has 1 unspecified atom stereocenters. The normalized spacial score (nSPS) is 11.8. The van der Waals surface area contributed by atoms with Crippen LogP contribution in [-0.4, -0.2) is 32.0 Å². The van der Waals surface area contributed by atoms with Gasteiger partial charge in [-0.2, -0.15) is 5.10 Å². The van der Waals surface area contributed by atoms with Crippen LogP contribution in [0.15, 0.2) is 61.1 Å². The van der Waals surface area contributed by atoms with Crippen LogP contribution in [0.1, 0.15) is 18.6 Å². The number of rotatable bonds is 7. The fourth-order valence-electron chi connectivity index (χ4n) is 3.30. The van der Waals surface area contributed by atoms with Crippen LogP contribution in [0.25, 0.3) is 11.4 Å². The zero-order valence-electron chi connectivity index (χ0n) is 17.9. The predicted molar refractivity (Wildman–Crippen MR) is 121 cm³/mol. The minimum atomic E-state index is -0.753. The summed E-state index contributed by atoms with van der Waals surface area (Å²) in [6.07, 6.45) is 2.46. The second-order valence-electron chi connectivity index (χ2n) is 7.22. The molecule has 9 heteroatoms. The van der Waals surface area contributed by atoms with Gasteiger partial charge in [-0.3, -0.25) is 4.68 Å². The number of methoxy groups -OCH3 is 1. The number of halogens is 1. The zero-order chi connectivity index (χ0) is 22.7. The number of hydrogen-bond acceptors (Lipinski definition) is 7. The summed E-state index contributed by atoms with van der Waals surface area (Å²) >= 11 is 0. The van der Waals surface area contributed by atoms with Crippen molar-refractivity contribution in [2.75, 3.05) is 17.7 Å². The molecule has 2 aromatic heterocycles. The lowest BCUT2D eigenvalue weighted by molar-refractivity contribution is 0.199. The van der Waals surface area contributed by atoms with E-state index in [0.29, 0.717) is 40.0 Å². The Balaban J connectivity index is 1.70. The van der Waals surface area contributed by atoms with E-state index >= 15 is 0 Å². The number of aliphatic hydroxyl groups excluding tert-OH is 1. The number of anilines is 4. The van der Waals surface area contributed by atoms with Crippen LogP contribution in [0, 0.1) is 5.82 Å². The molecule has 0 aliphatic heterocycles. The van der Waals surface area contributed by atoms with Gasteiger partial charge in [0, 0.05) is 36.2 Å². The molecule has 0 radical (unpaired) electrons. The number of aromatic nitrogens is 4. The van der Waals surface area contributed by atoms with Crippen molar-refractivity contribution in [2.24, 2.45) is 7.05 Å². The first kappa shape index (κ1) is 21.3. The van der Waals surface area contributed by atoms with Crippen LogP contribution < -0.4 is 15.4 Å². The lowest BCUT2D eigenvalue weighted by Gasteiger charge is -2.18. The summed E-state index contributed by atoms with van der Waals surface area (Å²) < 4.78 is 20.5. The van der Waals surface area contributed by atoms with Gasteiger partial charge in [-0.05, 0) is 43.3 Å². The molecule has 0 amide bonds. The Morgan fingerprint density at radius 2 is 1.84 bits per heavy atom. The maximum absolute atomic E-state index is 13.2. The van der Waals surface area contributed by atoms with Gasteiger partial charge >= 0.3 is 0 Å². The molecule has 2 heterocycles. The number of aliphatic hydroxyl groups is 1. The molecule has 0 bridgehead atoms. The summed E-state index contributed by atoms with van der Waals surface area (Å²) in [5.74, 6) is 1.33. The number of aryl methyl sites for hydroxylation is 1. The highest BCUT2D eigenvalue weighted by Crippen LogP contribution is 2.38. The van der Waals surface area contributed by atoms with E-state index in [9.17, 15) is 9.50 Å². The van der Waals surface area contributed by atoms with Crippen LogP contribution in [0.3, 0.4) is 0 Å². The second-order valence-corrected chi connectivity index (χ2v) is 7.22. The third kappa shape index (κ3) is 4.52. The smallest absolute Gasteiger partial charge is 0.184 e. The monoisotopic (exact) mass is 434 g/mol. The standard InChI is InChI=1S/C23H23FN6O2/c1-14(31)18-12-25-21(27-16-9-7-15(24)8-10-16)11-20(18)28-19-6-4-5-17(22(19)32-3)23-26-13-30(2)29-23/h4-14,31H,1-3H3,(H2,25,27,28). The summed E-state index contributed by atoms with van der Waals surface area (Å²) in [6, 6.07) is 13.4. The van der Waals surface area contributed by atoms with Crippen molar-refractivity contribution >= 4 is 22.9 Å². The zero-order valence-corrected chi connectivity index (χ0v) is 17.9. The van der Waals surface area contributed by atoms with Gasteiger partial charge in [0.1, 0.15) is 18.0 Å². The molecule has 4 rings (SSSR count). The third-order valence-electron chi connectivity index (χ3n) is 4.83. The van der Waals surface area contributed by atoms with Gasteiger partial charge < -0.3 is 20.5 Å². The van der Waals surface area contributed by atoms with E-state index in [2.05, 4.69) is 25.7 Å². The number of hydrogen-bond donors (Lipinski definition) is 3. The highest BCUT2D eigenvalue weighted by atomic mass is 19.1. The highest BCUT2D eigenvalue weighted by Gasteiger charge is 2.17. The predicted octanol–water partition coefficient (Wildman–Crippen LogP) is 4.57. The Labute approximate surface area is 184 Å². The molecule has 8 nitrogen and oxygen atoms in total. The van der Waals surface area contributed by atoms with Crippen LogP contribution in [0.4, 0.5) is 27.3 Å². The molecule has 0 spiro atoms. The van der Waals surface area contributed by atoms with Crippen molar-refractivity contribution in [2.45, 2.75) is 13.0 Å². The molecule has 2 aromatic carbocycles. The first-order chi connectivity index (χ1) is 15.4. The first-order valence-corrected chi connectivity index (χ1v) is 9.95. The van der Waals surface area contributed by atoms with Crippen molar-refractivity contribution in [3.63, 3.8) is 0 Å². The minimum absolute atomic E-state index is 0.315. The summed E-state index contributed by atoms with van der Waals surface area (Å²) in [4.78, 5) is 8.68. The molecule has 0 saturated carbocycles. The number of ether oxygens (including phenoxy) is 1. The van der Waals surface area contributed by atoms with Gasteiger partial charge in [0.25, 0.3) is 0 Å². The molecule has 4 aromatic rings. The second kappa shape index (κ2) is 9.03. The fourth-order valence-corrected chi connectivity index (χ4v) is 3.30. The molecule has 164 valence electrons. The van der Waals surface area contributed by atoms with Gasteiger partial charge in [0.2, 0.25) is 0 Å². The van der Waals surface area contributed by atoms with Gasteiger partial charge in [-0.15, -0.1) is 0 Å². The summed E-state index contributed by atoms with van der Waals surface area (Å²) in [7, 11) is 3.38. The van der Waals surface area contributed by atoms with Gasteiger partial charge in [-0.25, -0.2) is 14.4 Å². The van der Waals surface area contributed by atoms with Crippen LogP contribution in [0.5, 0.6) is 5.75 Å². The molecule has 3 N–H and O–H groups in total. The summed E-state index contributed by atoms with van der Waals surface area (Å²) in [6.45, 7) is 1.67. The van der Waals surface area contributed by atoms with Crippen LogP contribution in [-0.2, 0) is 7.05 Å². The quantitative estimate of drug-likeness (QED) is 0.392. The largest absolute Gasteiger partial charge is 0.494 e. The fraction of sp³-hybridized carbons (Fsp3) is 0.174. The highest BCUT2D eigenvalue weighted by molar-refractivity contribution is 5.79. The van der Waals surface area contributed by atoms with E-state index in [1.807, 2.05) is 18.2 Å². The van der Waals surface area contributed by atoms with E-state index in [4.69, 9.17) is 4.74 Å². The van der Waals surface area contributed by atoms with E-state index in [-0.39, 0.29) is 5.82 Å². The number of benzene rings is 2. The Morgan fingerprint density at radius 1 is 1.06 bits per heavy atom. The minimum Gasteiger partial charge on any atom is -0.494 e. The van der Waals surface area contributed by atoms with Crippen molar-refractivity contribution in [1.82, 2.24) is 19.7 Å². The Kier molecular flexibility index (Phi) is 6.00. The lowest BCUT2D eigenvalue weighted by Crippen LogP contribution is -2.04. The van der Waals surface area contributed by atoms with E-state index < -0.39 is 6.10 Å². The van der Waals surface area contributed by atoms with Crippen LogP contribution >= 0.6 is 0 Å². The molecular formula is C23H23FN6O2. The molecular weight excluding hydrogens is 411 g/mol. The van der Waals surface area contributed by atoms with Crippen molar-refractivity contribution in [3.8, 4) is 17.1 Å². The Morgan fingerprint density at radius 3 is 2.50 bits per heavy atom. The number of nitrogens with one attached hydrogen (secondary N) is 2. The van der Waals surface area contributed by atoms with Crippen molar-refractivity contribution < 1.29 is 14.2 Å². The molecule has 1 atom stereocenters. The molecule has 0 fully saturated rings. The Hall–Kier alpha value is -3.98. The molecule has 0 saturated heterocycles. The van der Waals surface area contributed by atoms with E-state index in [1.165, 1.54) is 12.1 Å². The lowest BCUT2D eigenvalue weighted by atomic mass is 10.1. The number of nitrogens with zero attached hydrogens (tertiary/aromatic N) is 4.